The lowest BCUT2D eigenvalue weighted by atomic mass is 9.80. The summed E-state index contributed by atoms with van der Waals surface area (Å²) in [5, 5.41) is 91.1. The third kappa shape index (κ3) is 7.99. The number of hydrogen-bond donors (Lipinski definition) is 9. The highest BCUT2D eigenvalue weighted by Crippen LogP contribution is 2.34. The van der Waals surface area contributed by atoms with Gasteiger partial charge in [0, 0.05) is 12.0 Å². The maximum atomic E-state index is 12.8. The van der Waals surface area contributed by atoms with Gasteiger partial charge in [-0.15, -0.1) is 0 Å². The van der Waals surface area contributed by atoms with Crippen molar-refractivity contribution in [3.63, 3.8) is 0 Å². The lowest BCUT2D eigenvalue weighted by Gasteiger charge is -2.43. The summed E-state index contributed by atoms with van der Waals surface area (Å²) in [6.07, 6.45) is -6.94. The van der Waals surface area contributed by atoms with Crippen LogP contribution in [-0.4, -0.2) is 114 Å². The summed E-state index contributed by atoms with van der Waals surface area (Å²) in [4.78, 5) is 12.8. The van der Waals surface area contributed by atoms with Gasteiger partial charge in [-0.05, 0) is 66.6 Å². The Morgan fingerprint density at radius 1 is 0.773 bits per heavy atom. The lowest BCUT2D eigenvalue weighted by molar-refractivity contribution is -0.210. The van der Waals surface area contributed by atoms with Crippen LogP contribution in [0.1, 0.15) is 30.9 Å². The van der Waals surface area contributed by atoms with Crippen molar-refractivity contribution < 1.29 is 65.0 Å². The number of aliphatic hydroxyl groups excluding tert-OH is 5. The van der Waals surface area contributed by atoms with Crippen LogP contribution >= 0.6 is 0 Å². The monoisotopic (exact) mass is 620 g/mol. The van der Waals surface area contributed by atoms with Gasteiger partial charge in [-0.2, -0.15) is 0 Å². The summed E-state index contributed by atoms with van der Waals surface area (Å²) < 4.78 is 17.4. The predicted molar refractivity (Wildman–Crippen MR) is 154 cm³/mol. The summed E-state index contributed by atoms with van der Waals surface area (Å²) in [5.74, 6) is -3.22. The van der Waals surface area contributed by atoms with Gasteiger partial charge in [-0.3, -0.25) is 0 Å². The van der Waals surface area contributed by atoms with Crippen LogP contribution in [0.2, 0.25) is 0 Å². The van der Waals surface area contributed by atoms with Crippen molar-refractivity contribution in [3.8, 4) is 23.0 Å². The summed E-state index contributed by atoms with van der Waals surface area (Å²) in [7, 11) is 0. The quantitative estimate of drug-likeness (QED) is 0.0991. The summed E-state index contributed by atoms with van der Waals surface area (Å²) in [5.41, 5.74) is 1.05. The standard InChI is InChI=1S/C31H40O13/c1-15-10-23(27(38)29(40)26(15)37)43-14-18-13-24(42-9-8-17-3-6-20(33)22(35)12-17)28(39)30(41)31(18)44-25(36)7-4-16-2-5-19(32)21(34)11-16/h2-7,11-12,15,18,23-24,26-35,37-41H,8-10,13-14H2,1H3/b7-4+. The summed E-state index contributed by atoms with van der Waals surface area (Å²) >= 11 is 0. The molecule has 44 heavy (non-hydrogen) atoms. The van der Waals surface area contributed by atoms with Crippen LogP contribution in [0.25, 0.3) is 6.08 Å². The molecule has 0 radical (unpaired) electrons. The van der Waals surface area contributed by atoms with Gasteiger partial charge in [0.25, 0.3) is 0 Å². The molecule has 2 aliphatic carbocycles. The number of carbonyl (C=O) groups excluding carboxylic acids is 1. The fraction of sp³-hybridized carbons (Fsp3) is 0.516. The molecule has 242 valence electrons. The van der Waals surface area contributed by atoms with Crippen LogP contribution in [0.5, 0.6) is 23.0 Å². The number of phenolic OH excluding ortho intramolecular Hbond substituents is 4. The highest BCUT2D eigenvalue weighted by atomic mass is 16.6. The minimum absolute atomic E-state index is 0.0795. The first kappa shape index (κ1) is 33.5. The van der Waals surface area contributed by atoms with Gasteiger partial charge in [0.2, 0.25) is 0 Å². The number of benzene rings is 2. The Balaban J connectivity index is 1.45. The van der Waals surface area contributed by atoms with Crippen LogP contribution in [0, 0.1) is 11.8 Å². The van der Waals surface area contributed by atoms with E-state index in [9.17, 15) is 50.8 Å². The van der Waals surface area contributed by atoms with Gasteiger partial charge in [0.1, 0.15) is 30.5 Å². The third-order valence-corrected chi connectivity index (χ3v) is 8.29. The number of aromatic hydroxyl groups is 4. The van der Waals surface area contributed by atoms with Crippen molar-refractivity contribution in [1.29, 1.82) is 0 Å². The van der Waals surface area contributed by atoms with Crippen LogP contribution < -0.4 is 0 Å². The minimum Gasteiger partial charge on any atom is -0.504 e. The van der Waals surface area contributed by atoms with E-state index in [1.807, 2.05) is 0 Å². The van der Waals surface area contributed by atoms with Crippen molar-refractivity contribution in [3.05, 3.63) is 53.6 Å². The molecule has 0 spiro atoms. The van der Waals surface area contributed by atoms with Gasteiger partial charge in [0.05, 0.1) is 31.5 Å². The highest BCUT2D eigenvalue weighted by molar-refractivity contribution is 5.87. The second-order valence-corrected chi connectivity index (χ2v) is 11.5. The zero-order valence-electron chi connectivity index (χ0n) is 24.1. The number of phenols is 4. The number of ether oxygens (including phenoxy) is 3. The van der Waals surface area contributed by atoms with Gasteiger partial charge in [-0.25, -0.2) is 4.79 Å². The Labute approximate surface area is 253 Å². The molecule has 4 rings (SSSR count). The van der Waals surface area contributed by atoms with Crippen molar-refractivity contribution in [2.75, 3.05) is 13.2 Å². The van der Waals surface area contributed by atoms with Crippen molar-refractivity contribution in [2.45, 2.75) is 75.0 Å². The molecule has 2 saturated carbocycles. The van der Waals surface area contributed by atoms with E-state index in [2.05, 4.69) is 0 Å². The predicted octanol–water partition coefficient (Wildman–Crippen LogP) is 0.311. The van der Waals surface area contributed by atoms with Crippen LogP contribution in [0.4, 0.5) is 0 Å². The molecule has 2 fully saturated rings. The van der Waals surface area contributed by atoms with E-state index in [-0.39, 0.29) is 55.0 Å². The Hall–Kier alpha value is -3.43. The maximum absolute atomic E-state index is 12.8. The second kappa shape index (κ2) is 14.6. The van der Waals surface area contributed by atoms with Crippen molar-refractivity contribution in [2.24, 2.45) is 11.8 Å². The van der Waals surface area contributed by atoms with Crippen LogP contribution in [0.15, 0.2) is 42.5 Å². The summed E-state index contributed by atoms with van der Waals surface area (Å²) in [6, 6.07) is 8.26. The molecule has 0 saturated heterocycles. The normalized spacial score (nSPS) is 32.5. The van der Waals surface area contributed by atoms with Crippen LogP contribution in [0.3, 0.4) is 0 Å². The van der Waals surface area contributed by atoms with Gasteiger partial charge in [-0.1, -0.05) is 19.1 Å². The average molecular weight is 621 g/mol. The number of carbonyl (C=O) groups is 1. The lowest BCUT2D eigenvalue weighted by Crippen LogP contribution is -2.58. The SMILES string of the molecule is CC1CC(OCC2CC(OCCc3ccc(O)c(O)c3)C(O)C(O)C2OC(=O)/C=C/c2ccc(O)c(O)c2)C(O)C(O)C1O. The minimum atomic E-state index is -1.59. The molecule has 2 aromatic carbocycles. The van der Waals surface area contributed by atoms with E-state index in [1.54, 1.807) is 13.0 Å². The third-order valence-electron chi connectivity index (χ3n) is 8.29. The highest BCUT2D eigenvalue weighted by Gasteiger charge is 2.47. The molecule has 0 heterocycles. The maximum Gasteiger partial charge on any atom is 0.331 e. The largest absolute Gasteiger partial charge is 0.504 e. The van der Waals surface area contributed by atoms with E-state index in [1.165, 1.54) is 36.4 Å². The molecule has 10 unspecified atom stereocenters. The fourth-order valence-electron chi connectivity index (χ4n) is 5.61. The molecule has 13 heteroatoms. The molecule has 0 amide bonds. The number of esters is 1. The number of aliphatic hydroxyl groups is 5. The Morgan fingerprint density at radius 2 is 1.41 bits per heavy atom. The number of rotatable bonds is 10. The molecule has 13 nitrogen and oxygen atoms in total. The number of hydrogen-bond acceptors (Lipinski definition) is 13. The van der Waals surface area contributed by atoms with E-state index in [4.69, 9.17) is 14.2 Å². The Kier molecular flexibility index (Phi) is 11.1. The molecule has 10 atom stereocenters. The van der Waals surface area contributed by atoms with Crippen LogP contribution in [-0.2, 0) is 25.4 Å². The first-order valence-electron chi connectivity index (χ1n) is 14.4. The molecule has 0 bridgehead atoms. The van der Waals surface area contributed by atoms with E-state index in [0.29, 0.717) is 17.5 Å². The zero-order chi connectivity index (χ0) is 32.1. The molecular weight excluding hydrogens is 580 g/mol. The molecule has 0 aromatic heterocycles. The smallest absolute Gasteiger partial charge is 0.331 e. The fourth-order valence-corrected chi connectivity index (χ4v) is 5.61. The van der Waals surface area contributed by atoms with Crippen molar-refractivity contribution in [1.82, 2.24) is 0 Å². The molecule has 9 N–H and O–H groups in total. The molecule has 2 aliphatic rings. The molecule has 0 aliphatic heterocycles. The van der Waals surface area contributed by atoms with E-state index < -0.39 is 60.7 Å². The average Bonchev–Trinajstić information content (AvgIpc) is 2.99. The van der Waals surface area contributed by atoms with E-state index >= 15 is 0 Å². The first-order valence-corrected chi connectivity index (χ1v) is 14.4. The molecular formula is C31H40O13. The summed E-state index contributed by atoms with van der Waals surface area (Å²) in [6.45, 7) is 1.64. The van der Waals surface area contributed by atoms with Crippen molar-refractivity contribution >= 4 is 12.0 Å². The zero-order valence-corrected chi connectivity index (χ0v) is 24.1. The molecule has 2 aromatic rings. The van der Waals surface area contributed by atoms with Gasteiger partial charge >= 0.3 is 5.97 Å². The van der Waals surface area contributed by atoms with Gasteiger partial charge in [0.15, 0.2) is 23.0 Å². The Morgan fingerprint density at radius 3 is 2.09 bits per heavy atom. The first-order chi connectivity index (χ1) is 20.8. The van der Waals surface area contributed by atoms with Gasteiger partial charge < -0.3 is 60.2 Å². The second-order valence-electron chi connectivity index (χ2n) is 11.5. The Bertz CT molecular complexity index is 1300. The topological polar surface area (TPSA) is 227 Å². The van der Waals surface area contributed by atoms with E-state index in [0.717, 1.165) is 6.08 Å².